The van der Waals surface area contributed by atoms with Crippen molar-refractivity contribution in [2.45, 2.75) is 0 Å². The molecule has 2 rings (SSSR count). The Morgan fingerprint density at radius 1 is 1.50 bits per heavy atom. The molecular formula is C11H9BrN2O2. The van der Waals surface area contributed by atoms with Crippen LogP contribution in [0.15, 0.2) is 28.7 Å². The van der Waals surface area contributed by atoms with Crippen LogP contribution in [0.25, 0.3) is 10.9 Å². The van der Waals surface area contributed by atoms with Gasteiger partial charge in [0, 0.05) is 9.86 Å². The highest BCUT2D eigenvalue weighted by atomic mass is 79.9. The Morgan fingerprint density at radius 2 is 2.25 bits per heavy atom. The second kappa shape index (κ2) is 4.09. The number of nitrogens with two attached hydrogens (primary N) is 1. The van der Waals surface area contributed by atoms with E-state index in [1.54, 1.807) is 6.07 Å². The third-order valence-corrected chi connectivity index (χ3v) is 2.87. The van der Waals surface area contributed by atoms with Gasteiger partial charge in [0.15, 0.2) is 0 Å². The van der Waals surface area contributed by atoms with Crippen LogP contribution in [0.2, 0.25) is 0 Å². The van der Waals surface area contributed by atoms with E-state index < -0.39 is 5.97 Å². The number of anilines is 1. The number of nitrogen functional groups attached to an aromatic ring is 1. The summed E-state index contributed by atoms with van der Waals surface area (Å²) in [6, 6.07) is 7.27. The van der Waals surface area contributed by atoms with Crippen LogP contribution in [0.5, 0.6) is 0 Å². The van der Waals surface area contributed by atoms with Crippen LogP contribution >= 0.6 is 15.9 Å². The maximum absolute atomic E-state index is 11.4. The predicted octanol–water partition coefficient (Wildman–Crippen LogP) is 2.37. The van der Waals surface area contributed by atoms with E-state index in [0.29, 0.717) is 0 Å². The normalized spacial score (nSPS) is 10.4. The lowest BCUT2D eigenvalue weighted by atomic mass is 10.1. The summed E-state index contributed by atoms with van der Waals surface area (Å²) >= 11 is 3.38. The van der Waals surface area contributed by atoms with Crippen molar-refractivity contribution in [2.75, 3.05) is 12.8 Å². The molecule has 82 valence electrons. The standard InChI is InChI=1S/C11H9BrN2O2/c1-16-11(15)7-5-6-3-2-4-8(12)9(6)14-10(7)13/h2-5H,1H3,(H2,13,14). The molecule has 0 saturated carbocycles. The Hall–Kier alpha value is -1.62. The van der Waals surface area contributed by atoms with Gasteiger partial charge in [0.1, 0.15) is 11.4 Å². The first-order valence-corrected chi connectivity index (χ1v) is 5.36. The first kappa shape index (κ1) is 10.9. The van der Waals surface area contributed by atoms with Crippen LogP contribution in [-0.2, 0) is 4.74 Å². The van der Waals surface area contributed by atoms with Gasteiger partial charge in [-0.15, -0.1) is 0 Å². The van der Waals surface area contributed by atoms with E-state index >= 15 is 0 Å². The summed E-state index contributed by atoms with van der Waals surface area (Å²) in [5, 5.41) is 0.837. The van der Waals surface area contributed by atoms with Crippen molar-refractivity contribution in [3.63, 3.8) is 0 Å². The lowest BCUT2D eigenvalue weighted by Gasteiger charge is -2.06. The Morgan fingerprint density at radius 3 is 2.94 bits per heavy atom. The number of carbonyl (C=O) groups excluding carboxylic acids is 1. The van der Waals surface area contributed by atoms with Gasteiger partial charge in [0.25, 0.3) is 0 Å². The van der Waals surface area contributed by atoms with Crippen LogP contribution in [0, 0.1) is 0 Å². The fraction of sp³-hybridized carbons (Fsp3) is 0.0909. The number of fused-ring (bicyclic) bond motifs is 1. The van der Waals surface area contributed by atoms with Crippen molar-refractivity contribution in [3.8, 4) is 0 Å². The van der Waals surface area contributed by atoms with Crippen molar-refractivity contribution in [3.05, 3.63) is 34.3 Å². The number of benzene rings is 1. The first-order chi connectivity index (χ1) is 7.63. The number of hydrogen-bond donors (Lipinski definition) is 1. The van der Waals surface area contributed by atoms with Crippen molar-refractivity contribution in [1.82, 2.24) is 4.98 Å². The molecule has 0 unspecified atom stereocenters. The molecule has 0 amide bonds. The molecule has 0 aliphatic carbocycles. The first-order valence-electron chi connectivity index (χ1n) is 4.56. The average molecular weight is 281 g/mol. The highest BCUT2D eigenvalue weighted by Gasteiger charge is 2.13. The zero-order valence-corrected chi connectivity index (χ0v) is 10.1. The molecule has 0 aliphatic heterocycles. The number of esters is 1. The SMILES string of the molecule is COC(=O)c1cc2cccc(Br)c2nc1N. The van der Waals surface area contributed by atoms with Crippen molar-refractivity contribution in [1.29, 1.82) is 0 Å². The highest BCUT2D eigenvalue weighted by Crippen LogP contribution is 2.25. The fourth-order valence-corrected chi connectivity index (χ4v) is 1.92. The quantitative estimate of drug-likeness (QED) is 0.815. The Bertz CT molecular complexity index is 569. The molecule has 4 nitrogen and oxygen atoms in total. The van der Waals surface area contributed by atoms with E-state index in [1.165, 1.54) is 7.11 Å². The molecule has 2 aromatic rings. The van der Waals surface area contributed by atoms with Gasteiger partial charge in [-0.2, -0.15) is 0 Å². The van der Waals surface area contributed by atoms with Gasteiger partial charge < -0.3 is 10.5 Å². The molecule has 1 aromatic carbocycles. The van der Waals surface area contributed by atoms with Gasteiger partial charge in [-0.3, -0.25) is 0 Å². The number of ether oxygens (including phenoxy) is 1. The zero-order valence-electron chi connectivity index (χ0n) is 8.53. The molecule has 0 spiro atoms. The highest BCUT2D eigenvalue weighted by molar-refractivity contribution is 9.10. The topological polar surface area (TPSA) is 65.2 Å². The fourth-order valence-electron chi connectivity index (χ4n) is 1.45. The maximum atomic E-state index is 11.4. The molecule has 1 heterocycles. The van der Waals surface area contributed by atoms with E-state index in [2.05, 4.69) is 25.7 Å². The summed E-state index contributed by atoms with van der Waals surface area (Å²) in [5.41, 5.74) is 6.71. The van der Waals surface area contributed by atoms with Gasteiger partial charge in [0.2, 0.25) is 0 Å². The Labute approximate surface area is 101 Å². The van der Waals surface area contributed by atoms with Crippen LogP contribution in [0.4, 0.5) is 5.82 Å². The smallest absolute Gasteiger partial charge is 0.341 e. The number of methoxy groups -OCH3 is 1. The molecule has 2 N–H and O–H groups in total. The van der Waals surface area contributed by atoms with Gasteiger partial charge in [-0.05, 0) is 28.1 Å². The Balaban J connectivity index is 2.72. The molecule has 0 bridgehead atoms. The van der Waals surface area contributed by atoms with Gasteiger partial charge in [-0.1, -0.05) is 12.1 Å². The van der Waals surface area contributed by atoms with E-state index in [1.807, 2.05) is 18.2 Å². The molecule has 0 radical (unpaired) electrons. The molecule has 0 aliphatic rings. The minimum Gasteiger partial charge on any atom is -0.465 e. The number of carbonyl (C=O) groups is 1. The van der Waals surface area contributed by atoms with Crippen LogP contribution in [-0.4, -0.2) is 18.1 Å². The lowest BCUT2D eigenvalue weighted by molar-refractivity contribution is 0.0602. The third-order valence-electron chi connectivity index (χ3n) is 2.23. The number of pyridine rings is 1. The van der Waals surface area contributed by atoms with Crippen LogP contribution in [0.1, 0.15) is 10.4 Å². The lowest BCUT2D eigenvalue weighted by Crippen LogP contribution is -2.07. The number of hydrogen-bond acceptors (Lipinski definition) is 4. The number of halogens is 1. The Kier molecular flexibility index (Phi) is 2.78. The van der Waals surface area contributed by atoms with E-state index in [9.17, 15) is 4.79 Å². The molecule has 0 saturated heterocycles. The number of para-hydroxylation sites is 1. The van der Waals surface area contributed by atoms with Gasteiger partial charge >= 0.3 is 5.97 Å². The van der Waals surface area contributed by atoms with E-state index in [4.69, 9.17) is 5.73 Å². The van der Waals surface area contributed by atoms with E-state index in [-0.39, 0.29) is 11.4 Å². The second-order valence-electron chi connectivity index (χ2n) is 3.22. The minimum absolute atomic E-state index is 0.172. The molecule has 1 aromatic heterocycles. The van der Waals surface area contributed by atoms with Crippen LogP contribution < -0.4 is 5.73 Å². The third kappa shape index (κ3) is 1.74. The molecule has 0 atom stereocenters. The minimum atomic E-state index is -0.480. The van der Waals surface area contributed by atoms with Crippen molar-refractivity contribution >= 4 is 38.6 Å². The number of rotatable bonds is 1. The van der Waals surface area contributed by atoms with Crippen LogP contribution in [0.3, 0.4) is 0 Å². The zero-order chi connectivity index (χ0) is 11.7. The monoisotopic (exact) mass is 280 g/mol. The molecular weight excluding hydrogens is 272 g/mol. The molecule has 5 heteroatoms. The van der Waals surface area contributed by atoms with Gasteiger partial charge in [0.05, 0.1) is 12.6 Å². The van der Waals surface area contributed by atoms with E-state index in [0.717, 1.165) is 15.4 Å². The predicted molar refractivity (Wildman–Crippen MR) is 65.2 cm³/mol. The van der Waals surface area contributed by atoms with Gasteiger partial charge in [-0.25, -0.2) is 9.78 Å². The summed E-state index contributed by atoms with van der Waals surface area (Å²) in [5.74, 6) is -0.307. The summed E-state index contributed by atoms with van der Waals surface area (Å²) in [7, 11) is 1.31. The van der Waals surface area contributed by atoms with Crippen molar-refractivity contribution < 1.29 is 9.53 Å². The number of aromatic nitrogens is 1. The van der Waals surface area contributed by atoms with Crippen molar-refractivity contribution in [2.24, 2.45) is 0 Å². The maximum Gasteiger partial charge on any atom is 0.341 e. The average Bonchev–Trinajstić information content (AvgIpc) is 2.29. The number of nitrogens with zero attached hydrogens (tertiary/aromatic N) is 1. The summed E-state index contributed by atoms with van der Waals surface area (Å²) in [6.07, 6.45) is 0. The summed E-state index contributed by atoms with van der Waals surface area (Å²) in [4.78, 5) is 15.6. The second-order valence-corrected chi connectivity index (χ2v) is 4.08. The summed E-state index contributed by atoms with van der Waals surface area (Å²) < 4.78 is 5.47. The largest absolute Gasteiger partial charge is 0.465 e. The summed E-state index contributed by atoms with van der Waals surface area (Å²) in [6.45, 7) is 0. The molecule has 0 fully saturated rings. The molecule has 16 heavy (non-hydrogen) atoms.